The molecule has 154 valence electrons. The molecule has 3 rings (SSSR count). The lowest BCUT2D eigenvalue weighted by Crippen LogP contribution is -2.50. The Morgan fingerprint density at radius 1 is 1.04 bits per heavy atom. The van der Waals surface area contributed by atoms with Crippen LogP contribution in [0, 0.1) is 16.0 Å². The van der Waals surface area contributed by atoms with Gasteiger partial charge in [-0.1, -0.05) is 0 Å². The number of piperidine rings is 1. The number of nitrogens with one attached hydrogen (secondary N) is 1. The summed E-state index contributed by atoms with van der Waals surface area (Å²) in [6.07, 6.45) is 3.82. The first-order chi connectivity index (χ1) is 13.0. The molecule has 0 spiro atoms. The zero-order valence-corrected chi connectivity index (χ0v) is 16.7. The van der Waals surface area contributed by atoms with E-state index in [2.05, 4.69) is 5.32 Å². The quantitative estimate of drug-likeness (QED) is 0.592. The maximum atomic E-state index is 12.5. The molecule has 0 atom stereocenters. The molecule has 28 heavy (non-hydrogen) atoms. The molecule has 1 N–H and O–H groups in total. The molecule has 0 saturated carbocycles. The molecule has 2 aliphatic rings. The number of benzene rings is 1. The second kappa shape index (κ2) is 10.4. The summed E-state index contributed by atoms with van der Waals surface area (Å²) in [4.78, 5) is 38.7. The summed E-state index contributed by atoms with van der Waals surface area (Å²) in [7, 11) is 0. The van der Waals surface area contributed by atoms with Crippen LogP contribution in [0.1, 0.15) is 36.0 Å². The molecule has 0 bridgehead atoms. The SMILES string of the molecule is Cl.O=C(CCC1CCNCC1)N1CCN(C(=O)c2ccc([N+](=O)[O-])cc2)CC1. The van der Waals surface area contributed by atoms with E-state index in [1.165, 1.54) is 24.3 Å². The minimum absolute atomic E-state index is 0. The summed E-state index contributed by atoms with van der Waals surface area (Å²) < 4.78 is 0. The largest absolute Gasteiger partial charge is 0.339 e. The Bertz CT molecular complexity index is 684. The van der Waals surface area contributed by atoms with Crippen LogP contribution in [0.25, 0.3) is 0 Å². The Morgan fingerprint density at radius 2 is 1.61 bits per heavy atom. The van der Waals surface area contributed by atoms with Crippen molar-refractivity contribution in [3.8, 4) is 0 Å². The molecular formula is C19H27ClN4O4. The topological polar surface area (TPSA) is 95.8 Å². The molecule has 2 amide bonds. The van der Waals surface area contributed by atoms with Gasteiger partial charge in [0.25, 0.3) is 11.6 Å². The third kappa shape index (κ3) is 5.65. The number of nitro groups is 1. The summed E-state index contributed by atoms with van der Waals surface area (Å²) in [6, 6.07) is 5.65. The number of nitro benzene ring substituents is 1. The van der Waals surface area contributed by atoms with Gasteiger partial charge in [-0.25, -0.2) is 0 Å². The second-order valence-corrected chi connectivity index (χ2v) is 7.21. The van der Waals surface area contributed by atoms with E-state index in [-0.39, 0.29) is 29.9 Å². The number of halogens is 1. The molecule has 0 radical (unpaired) electrons. The van der Waals surface area contributed by atoms with Crippen molar-refractivity contribution in [2.75, 3.05) is 39.3 Å². The van der Waals surface area contributed by atoms with Crippen molar-refractivity contribution >= 4 is 29.9 Å². The number of piperazine rings is 1. The Labute approximate surface area is 170 Å². The Balaban J connectivity index is 0.00000280. The first-order valence-corrected chi connectivity index (χ1v) is 9.57. The normalized spacial score (nSPS) is 17.7. The number of non-ortho nitro benzene ring substituents is 1. The molecule has 0 unspecified atom stereocenters. The molecule has 0 aliphatic carbocycles. The lowest BCUT2D eigenvalue weighted by molar-refractivity contribution is -0.384. The van der Waals surface area contributed by atoms with Crippen molar-refractivity contribution in [1.29, 1.82) is 0 Å². The summed E-state index contributed by atoms with van der Waals surface area (Å²) in [5.74, 6) is 0.669. The van der Waals surface area contributed by atoms with E-state index in [1.54, 1.807) is 4.90 Å². The summed E-state index contributed by atoms with van der Waals surface area (Å²) in [5.41, 5.74) is 0.405. The van der Waals surface area contributed by atoms with Crippen molar-refractivity contribution in [1.82, 2.24) is 15.1 Å². The maximum Gasteiger partial charge on any atom is 0.269 e. The van der Waals surface area contributed by atoms with Crippen LogP contribution >= 0.6 is 12.4 Å². The fourth-order valence-electron chi connectivity index (χ4n) is 3.72. The van der Waals surface area contributed by atoms with Gasteiger partial charge in [0.05, 0.1) is 4.92 Å². The third-order valence-corrected chi connectivity index (χ3v) is 5.47. The number of carbonyl (C=O) groups is 2. The minimum Gasteiger partial charge on any atom is -0.339 e. The van der Waals surface area contributed by atoms with Gasteiger partial charge >= 0.3 is 0 Å². The Morgan fingerprint density at radius 3 is 2.18 bits per heavy atom. The van der Waals surface area contributed by atoms with E-state index in [0.717, 1.165) is 32.4 Å². The van der Waals surface area contributed by atoms with Crippen LogP contribution in [0.15, 0.2) is 24.3 Å². The van der Waals surface area contributed by atoms with Crippen molar-refractivity contribution in [3.05, 3.63) is 39.9 Å². The fourth-order valence-corrected chi connectivity index (χ4v) is 3.72. The molecule has 2 heterocycles. The third-order valence-electron chi connectivity index (χ3n) is 5.47. The van der Waals surface area contributed by atoms with Gasteiger partial charge < -0.3 is 15.1 Å². The first-order valence-electron chi connectivity index (χ1n) is 9.57. The van der Waals surface area contributed by atoms with Crippen molar-refractivity contribution in [2.45, 2.75) is 25.7 Å². The fraction of sp³-hybridized carbons (Fsp3) is 0.579. The van der Waals surface area contributed by atoms with E-state index >= 15 is 0 Å². The average molecular weight is 411 g/mol. The summed E-state index contributed by atoms with van der Waals surface area (Å²) >= 11 is 0. The monoisotopic (exact) mass is 410 g/mol. The molecule has 2 saturated heterocycles. The average Bonchev–Trinajstić information content (AvgIpc) is 2.72. The van der Waals surface area contributed by atoms with Crippen molar-refractivity contribution in [2.24, 2.45) is 5.92 Å². The molecule has 1 aromatic rings. The van der Waals surface area contributed by atoms with Gasteiger partial charge in [0.1, 0.15) is 0 Å². The number of amides is 2. The molecule has 1 aromatic carbocycles. The van der Waals surface area contributed by atoms with Crippen LogP contribution in [-0.4, -0.2) is 65.8 Å². The Kier molecular flexibility index (Phi) is 8.19. The smallest absolute Gasteiger partial charge is 0.269 e. The predicted octanol–water partition coefficient (Wildman–Crippen LogP) is 2.08. The van der Waals surface area contributed by atoms with Gasteiger partial charge in [0.2, 0.25) is 5.91 Å². The molecule has 0 aromatic heterocycles. The summed E-state index contributed by atoms with van der Waals surface area (Å²) in [5, 5.41) is 14.0. The van der Waals surface area contributed by atoms with Crippen LogP contribution < -0.4 is 5.32 Å². The van der Waals surface area contributed by atoms with Gasteiger partial charge in [-0.15, -0.1) is 12.4 Å². The summed E-state index contributed by atoms with van der Waals surface area (Å²) in [6.45, 7) is 4.17. The van der Waals surface area contributed by atoms with Gasteiger partial charge in [-0.05, 0) is 50.4 Å². The van der Waals surface area contributed by atoms with E-state index < -0.39 is 4.92 Å². The van der Waals surface area contributed by atoms with E-state index in [1.807, 2.05) is 4.90 Å². The predicted molar refractivity (Wildman–Crippen MR) is 108 cm³/mol. The second-order valence-electron chi connectivity index (χ2n) is 7.21. The molecule has 2 aliphatic heterocycles. The highest BCUT2D eigenvalue weighted by molar-refractivity contribution is 5.94. The number of nitrogens with zero attached hydrogens (tertiary/aromatic N) is 3. The highest BCUT2D eigenvalue weighted by Crippen LogP contribution is 2.19. The van der Waals surface area contributed by atoms with Crippen LogP contribution in [0.5, 0.6) is 0 Å². The zero-order valence-electron chi connectivity index (χ0n) is 15.8. The first kappa shape index (κ1) is 22.1. The number of hydrogen-bond donors (Lipinski definition) is 1. The number of carbonyl (C=O) groups excluding carboxylic acids is 2. The lowest BCUT2D eigenvalue weighted by Gasteiger charge is -2.35. The molecule has 8 nitrogen and oxygen atoms in total. The highest BCUT2D eigenvalue weighted by Gasteiger charge is 2.25. The van der Waals surface area contributed by atoms with E-state index in [9.17, 15) is 19.7 Å². The number of hydrogen-bond acceptors (Lipinski definition) is 5. The molecule has 9 heteroatoms. The zero-order chi connectivity index (χ0) is 19.2. The van der Waals surface area contributed by atoms with Gasteiger partial charge in [-0.2, -0.15) is 0 Å². The van der Waals surface area contributed by atoms with Gasteiger partial charge in [0.15, 0.2) is 0 Å². The van der Waals surface area contributed by atoms with Gasteiger partial charge in [-0.3, -0.25) is 19.7 Å². The highest BCUT2D eigenvalue weighted by atomic mass is 35.5. The minimum atomic E-state index is -0.484. The van der Waals surface area contributed by atoms with Crippen molar-refractivity contribution < 1.29 is 14.5 Å². The number of rotatable bonds is 5. The van der Waals surface area contributed by atoms with Crippen LogP contribution in [0.4, 0.5) is 5.69 Å². The van der Waals surface area contributed by atoms with Crippen molar-refractivity contribution in [3.63, 3.8) is 0 Å². The van der Waals surface area contributed by atoms with Crippen LogP contribution in [-0.2, 0) is 4.79 Å². The van der Waals surface area contributed by atoms with Crippen LogP contribution in [0.2, 0.25) is 0 Å². The standard InChI is InChI=1S/C19H26N4O4.ClH/c24-18(6-1-15-7-9-20-10-8-15)21-11-13-22(14-12-21)19(25)16-2-4-17(5-3-16)23(26)27;/h2-5,15,20H,1,6-14H2;1H. The maximum absolute atomic E-state index is 12.5. The Hall–Kier alpha value is -2.19. The van der Waals surface area contributed by atoms with E-state index in [0.29, 0.717) is 44.1 Å². The molecule has 2 fully saturated rings. The van der Waals surface area contributed by atoms with E-state index in [4.69, 9.17) is 0 Å². The molecular weight excluding hydrogens is 384 g/mol. The van der Waals surface area contributed by atoms with Crippen LogP contribution in [0.3, 0.4) is 0 Å². The lowest BCUT2D eigenvalue weighted by atomic mass is 9.93. The van der Waals surface area contributed by atoms with Gasteiger partial charge in [0, 0.05) is 50.3 Å².